The van der Waals surface area contributed by atoms with Crippen LogP contribution in [0.1, 0.15) is 30.6 Å². The molecular weight excluding hydrogens is 284 g/mol. The number of aryl methyl sites for hydroxylation is 1. The molecule has 6 heteroatoms. The van der Waals surface area contributed by atoms with Gasteiger partial charge in [0.05, 0.1) is 0 Å². The SMILES string of the molecule is CC(C)C(=O)NCCNC(c1cccs1)c1nccn1C. The Bertz CT molecular complexity index is 562. The molecule has 0 aliphatic rings. The zero-order valence-corrected chi connectivity index (χ0v) is 13.5. The highest BCUT2D eigenvalue weighted by Crippen LogP contribution is 2.24. The summed E-state index contributed by atoms with van der Waals surface area (Å²) in [5.41, 5.74) is 0. The third-order valence-electron chi connectivity index (χ3n) is 3.24. The number of amides is 1. The van der Waals surface area contributed by atoms with Crippen molar-refractivity contribution >= 4 is 17.2 Å². The molecule has 0 aliphatic heterocycles. The van der Waals surface area contributed by atoms with Gasteiger partial charge in [-0.15, -0.1) is 11.3 Å². The van der Waals surface area contributed by atoms with E-state index in [1.807, 2.05) is 37.7 Å². The maximum atomic E-state index is 11.5. The normalized spacial score (nSPS) is 12.6. The van der Waals surface area contributed by atoms with Crippen LogP contribution < -0.4 is 10.6 Å². The first-order chi connectivity index (χ1) is 10.1. The van der Waals surface area contributed by atoms with Crippen molar-refractivity contribution in [3.05, 3.63) is 40.6 Å². The van der Waals surface area contributed by atoms with Crippen molar-refractivity contribution in [2.24, 2.45) is 13.0 Å². The Morgan fingerprint density at radius 3 is 2.81 bits per heavy atom. The lowest BCUT2D eigenvalue weighted by atomic mass is 10.2. The average molecular weight is 306 g/mol. The van der Waals surface area contributed by atoms with E-state index in [2.05, 4.69) is 27.1 Å². The molecule has 0 bridgehead atoms. The summed E-state index contributed by atoms with van der Waals surface area (Å²) >= 11 is 1.70. The molecule has 2 heterocycles. The first-order valence-electron chi connectivity index (χ1n) is 7.11. The molecule has 114 valence electrons. The van der Waals surface area contributed by atoms with Gasteiger partial charge in [-0.05, 0) is 11.4 Å². The van der Waals surface area contributed by atoms with Crippen molar-refractivity contribution < 1.29 is 4.79 Å². The molecule has 0 saturated heterocycles. The Morgan fingerprint density at radius 2 is 2.24 bits per heavy atom. The number of nitrogens with one attached hydrogen (secondary N) is 2. The minimum atomic E-state index is 0.0210. The van der Waals surface area contributed by atoms with Gasteiger partial charge in [0.1, 0.15) is 11.9 Å². The van der Waals surface area contributed by atoms with Crippen molar-refractivity contribution in [1.82, 2.24) is 20.2 Å². The first kappa shape index (κ1) is 15.7. The van der Waals surface area contributed by atoms with Gasteiger partial charge in [0.2, 0.25) is 5.91 Å². The molecule has 0 spiro atoms. The van der Waals surface area contributed by atoms with E-state index in [-0.39, 0.29) is 17.9 Å². The van der Waals surface area contributed by atoms with Crippen LogP contribution in [0.15, 0.2) is 29.9 Å². The number of rotatable bonds is 7. The van der Waals surface area contributed by atoms with Gasteiger partial charge in [-0.25, -0.2) is 4.98 Å². The maximum absolute atomic E-state index is 11.5. The van der Waals surface area contributed by atoms with Crippen LogP contribution in [0.4, 0.5) is 0 Å². The predicted octanol–water partition coefficient (Wildman–Crippen LogP) is 1.93. The molecule has 1 unspecified atom stereocenters. The van der Waals surface area contributed by atoms with Crippen LogP contribution in [0.5, 0.6) is 0 Å². The zero-order chi connectivity index (χ0) is 15.2. The fraction of sp³-hybridized carbons (Fsp3) is 0.467. The maximum Gasteiger partial charge on any atom is 0.222 e. The summed E-state index contributed by atoms with van der Waals surface area (Å²) in [6, 6.07) is 4.20. The lowest BCUT2D eigenvalue weighted by Crippen LogP contribution is -2.36. The van der Waals surface area contributed by atoms with E-state index in [1.54, 1.807) is 17.5 Å². The van der Waals surface area contributed by atoms with E-state index >= 15 is 0 Å². The lowest BCUT2D eigenvalue weighted by Gasteiger charge is -2.18. The number of thiophene rings is 1. The smallest absolute Gasteiger partial charge is 0.222 e. The molecule has 2 aromatic heterocycles. The summed E-state index contributed by atoms with van der Waals surface area (Å²) < 4.78 is 2.02. The lowest BCUT2D eigenvalue weighted by molar-refractivity contribution is -0.123. The highest BCUT2D eigenvalue weighted by Gasteiger charge is 2.18. The van der Waals surface area contributed by atoms with Gasteiger partial charge in [-0.3, -0.25) is 4.79 Å². The zero-order valence-electron chi connectivity index (χ0n) is 12.7. The summed E-state index contributed by atoms with van der Waals surface area (Å²) in [7, 11) is 1.99. The standard InChI is InChI=1S/C15H22N4OS/c1-11(2)15(20)18-7-6-16-13(12-5-4-10-21-12)14-17-8-9-19(14)3/h4-5,8-11,13,16H,6-7H2,1-3H3,(H,18,20). The van der Waals surface area contributed by atoms with Gasteiger partial charge in [0.15, 0.2) is 0 Å². The Balaban J connectivity index is 1.95. The van der Waals surface area contributed by atoms with Gasteiger partial charge < -0.3 is 15.2 Å². The fourth-order valence-corrected chi connectivity index (χ4v) is 2.83. The third kappa shape index (κ3) is 4.15. The van der Waals surface area contributed by atoms with Crippen molar-refractivity contribution in [2.45, 2.75) is 19.9 Å². The quantitative estimate of drug-likeness (QED) is 0.769. The van der Waals surface area contributed by atoms with Gasteiger partial charge >= 0.3 is 0 Å². The van der Waals surface area contributed by atoms with Crippen LogP contribution in [0.2, 0.25) is 0 Å². The second kappa shape index (κ2) is 7.38. The van der Waals surface area contributed by atoms with Crippen LogP contribution in [-0.2, 0) is 11.8 Å². The molecular formula is C15H22N4OS. The number of carbonyl (C=O) groups is 1. The Morgan fingerprint density at radius 1 is 1.43 bits per heavy atom. The van der Waals surface area contributed by atoms with Crippen LogP contribution in [0, 0.1) is 5.92 Å². The number of nitrogens with zero attached hydrogens (tertiary/aromatic N) is 2. The minimum absolute atomic E-state index is 0.0210. The van der Waals surface area contributed by atoms with Crippen LogP contribution >= 0.6 is 11.3 Å². The fourth-order valence-electron chi connectivity index (χ4n) is 2.04. The van der Waals surface area contributed by atoms with Crippen molar-refractivity contribution in [3.8, 4) is 0 Å². The number of carbonyl (C=O) groups excluding carboxylic acids is 1. The van der Waals surface area contributed by atoms with E-state index in [9.17, 15) is 4.79 Å². The van der Waals surface area contributed by atoms with Crippen LogP contribution in [0.25, 0.3) is 0 Å². The molecule has 1 amide bonds. The number of hydrogen-bond acceptors (Lipinski definition) is 4. The molecule has 0 fully saturated rings. The largest absolute Gasteiger partial charge is 0.355 e. The van der Waals surface area contributed by atoms with Crippen LogP contribution in [-0.4, -0.2) is 28.5 Å². The van der Waals surface area contributed by atoms with E-state index < -0.39 is 0 Å². The summed E-state index contributed by atoms with van der Waals surface area (Å²) in [4.78, 5) is 17.2. The van der Waals surface area contributed by atoms with Gasteiger partial charge in [-0.1, -0.05) is 19.9 Å². The molecule has 0 aromatic carbocycles. The van der Waals surface area contributed by atoms with Crippen molar-refractivity contribution in [3.63, 3.8) is 0 Å². The van der Waals surface area contributed by atoms with E-state index in [0.29, 0.717) is 13.1 Å². The third-order valence-corrected chi connectivity index (χ3v) is 4.18. The van der Waals surface area contributed by atoms with Crippen molar-refractivity contribution in [2.75, 3.05) is 13.1 Å². The highest BCUT2D eigenvalue weighted by atomic mass is 32.1. The second-order valence-corrected chi connectivity index (χ2v) is 6.22. The molecule has 2 aromatic rings. The van der Waals surface area contributed by atoms with Gasteiger partial charge in [0, 0.05) is 43.3 Å². The second-order valence-electron chi connectivity index (χ2n) is 5.24. The molecule has 0 radical (unpaired) electrons. The molecule has 0 saturated carbocycles. The monoisotopic (exact) mass is 306 g/mol. The Labute approximate surface area is 129 Å². The molecule has 0 aliphatic carbocycles. The van der Waals surface area contributed by atoms with Gasteiger partial charge in [0.25, 0.3) is 0 Å². The average Bonchev–Trinajstić information content (AvgIpc) is 3.10. The highest BCUT2D eigenvalue weighted by molar-refractivity contribution is 7.10. The Hall–Kier alpha value is -1.66. The molecule has 5 nitrogen and oxygen atoms in total. The van der Waals surface area contributed by atoms with E-state index in [4.69, 9.17) is 0 Å². The molecule has 1 atom stereocenters. The summed E-state index contributed by atoms with van der Waals surface area (Å²) in [5.74, 6) is 1.08. The van der Waals surface area contributed by atoms with Gasteiger partial charge in [-0.2, -0.15) is 0 Å². The number of imidazole rings is 1. The van der Waals surface area contributed by atoms with E-state index in [1.165, 1.54) is 4.88 Å². The van der Waals surface area contributed by atoms with E-state index in [0.717, 1.165) is 5.82 Å². The summed E-state index contributed by atoms with van der Waals surface area (Å²) in [6.45, 7) is 5.10. The predicted molar refractivity (Wildman–Crippen MR) is 85.2 cm³/mol. The summed E-state index contributed by atoms with van der Waals surface area (Å²) in [5, 5.41) is 8.45. The minimum Gasteiger partial charge on any atom is -0.355 e. The van der Waals surface area contributed by atoms with Crippen molar-refractivity contribution in [1.29, 1.82) is 0 Å². The Kier molecular flexibility index (Phi) is 5.52. The van der Waals surface area contributed by atoms with Crippen LogP contribution in [0.3, 0.4) is 0 Å². The number of aromatic nitrogens is 2. The number of hydrogen-bond donors (Lipinski definition) is 2. The topological polar surface area (TPSA) is 59.0 Å². The molecule has 2 rings (SSSR count). The molecule has 2 N–H and O–H groups in total. The first-order valence-corrected chi connectivity index (χ1v) is 7.99. The molecule has 21 heavy (non-hydrogen) atoms. The summed E-state index contributed by atoms with van der Waals surface area (Å²) in [6.07, 6.45) is 3.75.